The Morgan fingerprint density at radius 3 is 2.07 bits per heavy atom. The molecule has 3 nitrogen and oxygen atoms in total. The highest BCUT2D eigenvalue weighted by Gasteiger charge is 2.06. The average Bonchev–Trinajstić information content (AvgIpc) is 1.97. The minimum Gasteiger partial charge on any atom is -0.286 e. The van der Waals surface area contributed by atoms with Gasteiger partial charge in [-0.15, -0.1) is 0 Å². The van der Waals surface area contributed by atoms with Gasteiger partial charge in [0.1, 0.15) is 0 Å². The van der Waals surface area contributed by atoms with E-state index in [4.69, 9.17) is 27.8 Å². The van der Waals surface area contributed by atoms with Crippen LogP contribution >= 0.6 is 23.2 Å². The van der Waals surface area contributed by atoms with Crippen molar-refractivity contribution in [1.82, 2.24) is 0 Å². The molecule has 78 valence electrons. The fourth-order valence-corrected chi connectivity index (χ4v) is 2.07. The lowest BCUT2D eigenvalue weighted by atomic mass is 10.2. The number of halogens is 2. The molecule has 1 aromatic carbocycles. The van der Waals surface area contributed by atoms with Crippen molar-refractivity contribution in [3.05, 3.63) is 33.8 Å². The first-order valence-corrected chi connectivity index (χ1v) is 6.13. The highest BCUT2D eigenvalue weighted by molar-refractivity contribution is 7.85. The molecular formula is C8H8Cl2O3S. The molecule has 0 aliphatic rings. The number of benzene rings is 1. The summed E-state index contributed by atoms with van der Waals surface area (Å²) in [5, 5.41) is 0.894. The van der Waals surface area contributed by atoms with E-state index >= 15 is 0 Å². The second-order valence-corrected chi connectivity index (χ2v) is 5.26. The highest BCUT2D eigenvalue weighted by Crippen LogP contribution is 2.19. The normalized spacial score (nSPS) is 11.6. The quantitative estimate of drug-likeness (QED) is 0.844. The lowest BCUT2D eigenvalue weighted by Crippen LogP contribution is -2.06. The van der Waals surface area contributed by atoms with Crippen LogP contribution in [-0.4, -0.2) is 18.7 Å². The van der Waals surface area contributed by atoms with Crippen molar-refractivity contribution in [2.75, 3.05) is 5.75 Å². The molecular weight excluding hydrogens is 247 g/mol. The molecule has 0 saturated carbocycles. The van der Waals surface area contributed by atoms with Crippen molar-refractivity contribution in [2.45, 2.75) is 6.42 Å². The van der Waals surface area contributed by atoms with Crippen LogP contribution in [0.1, 0.15) is 5.56 Å². The summed E-state index contributed by atoms with van der Waals surface area (Å²) in [4.78, 5) is 0. The molecule has 0 spiro atoms. The molecule has 0 aliphatic heterocycles. The molecule has 14 heavy (non-hydrogen) atoms. The Morgan fingerprint density at radius 1 is 1.14 bits per heavy atom. The molecule has 0 aromatic heterocycles. The largest absolute Gasteiger partial charge is 0.286 e. The van der Waals surface area contributed by atoms with E-state index in [1.54, 1.807) is 18.2 Å². The van der Waals surface area contributed by atoms with Crippen molar-refractivity contribution in [3.8, 4) is 0 Å². The molecule has 1 aromatic rings. The zero-order chi connectivity index (χ0) is 10.8. The van der Waals surface area contributed by atoms with E-state index in [1.165, 1.54) is 0 Å². The number of hydrogen-bond donors (Lipinski definition) is 1. The maximum absolute atomic E-state index is 10.5. The van der Waals surface area contributed by atoms with E-state index in [0.717, 1.165) is 0 Å². The van der Waals surface area contributed by atoms with Gasteiger partial charge in [-0.2, -0.15) is 8.42 Å². The van der Waals surface area contributed by atoms with Crippen molar-refractivity contribution < 1.29 is 13.0 Å². The average molecular weight is 255 g/mol. The summed E-state index contributed by atoms with van der Waals surface area (Å²) >= 11 is 11.4. The first kappa shape index (κ1) is 11.8. The second-order valence-electron chi connectivity index (χ2n) is 2.81. The fourth-order valence-electron chi connectivity index (χ4n) is 1.00. The van der Waals surface area contributed by atoms with E-state index in [2.05, 4.69) is 0 Å². The molecule has 0 atom stereocenters. The Balaban J connectivity index is 2.78. The van der Waals surface area contributed by atoms with Crippen LogP contribution in [0.25, 0.3) is 0 Å². The van der Waals surface area contributed by atoms with Crippen molar-refractivity contribution in [2.24, 2.45) is 0 Å². The minimum absolute atomic E-state index is 0.194. The lowest BCUT2D eigenvalue weighted by molar-refractivity contribution is 0.482. The van der Waals surface area contributed by atoms with Crippen LogP contribution in [0.4, 0.5) is 0 Å². The first-order chi connectivity index (χ1) is 6.37. The summed E-state index contributed by atoms with van der Waals surface area (Å²) in [5.41, 5.74) is 0.681. The summed E-state index contributed by atoms with van der Waals surface area (Å²) in [5.74, 6) is -0.330. The molecule has 0 radical (unpaired) electrons. The zero-order valence-electron chi connectivity index (χ0n) is 7.07. The molecule has 1 N–H and O–H groups in total. The van der Waals surface area contributed by atoms with Gasteiger partial charge in [0, 0.05) is 10.0 Å². The van der Waals surface area contributed by atoms with Crippen molar-refractivity contribution >= 4 is 33.3 Å². The second kappa shape index (κ2) is 4.49. The van der Waals surface area contributed by atoms with Gasteiger partial charge >= 0.3 is 0 Å². The molecule has 0 aliphatic carbocycles. The summed E-state index contributed by atoms with van der Waals surface area (Å²) < 4.78 is 29.5. The van der Waals surface area contributed by atoms with E-state index in [9.17, 15) is 8.42 Å². The predicted octanol–water partition coefficient (Wildman–Crippen LogP) is 2.42. The van der Waals surface area contributed by atoms with Gasteiger partial charge in [0.2, 0.25) is 0 Å². The summed E-state index contributed by atoms with van der Waals surface area (Å²) in [6.45, 7) is 0. The summed E-state index contributed by atoms with van der Waals surface area (Å²) in [7, 11) is -3.93. The third kappa shape index (κ3) is 4.28. The summed E-state index contributed by atoms with van der Waals surface area (Å²) in [6, 6.07) is 4.78. The maximum atomic E-state index is 10.5. The molecule has 0 bridgehead atoms. The van der Waals surface area contributed by atoms with Gasteiger partial charge in [0.15, 0.2) is 0 Å². The minimum atomic E-state index is -3.93. The fraction of sp³-hybridized carbons (Fsp3) is 0.250. The third-order valence-electron chi connectivity index (χ3n) is 1.57. The number of hydrogen-bond acceptors (Lipinski definition) is 2. The Morgan fingerprint density at radius 2 is 1.64 bits per heavy atom. The van der Waals surface area contributed by atoms with Crippen LogP contribution in [-0.2, 0) is 16.5 Å². The molecule has 0 saturated heterocycles. The van der Waals surface area contributed by atoms with E-state index in [-0.39, 0.29) is 12.2 Å². The molecule has 0 fully saturated rings. The van der Waals surface area contributed by atoms with Crippen LogP contribution in [0.15, 0.2) is 18.2 Å². The Hall–Kier alpha value is -0.290. The molecule has 0 unspecified atom stereocenters. The van der Waals surface area contributed by atoms with E-state index in [0.29, 0.717) is 15.6 Å². The third-order valence-corrected chi connectivity index (χ3v) is 2.73. The highest BCUT2D eigenvalue weighted by atomic mass is 35.5. The van der Waals surface area contributed by atoms with Gasteiger partial charge in [-0.05, 0) is 30.2 Å². The SMILES string of the molecule is O=S(=O)(O)CCc1cc(Cl)cc(Cl)c1. The maximum Gasteiger partial charge on any atom is 0.265 e. The number of aryl methyl sites for hydroxylation is 1. The van der Waals surface area contributed by atoms with Crippen LogP contribution in [0.2, 0.25) is 10.0 Å². The monoisotopic (exact) mass is 254 g/mol. The van der Waals surface area contributed by atoms with Crippen LogP contribution in [0.5, 0.6) is 0 Å². The van der Waals surface area contributed by atoms with E-state index < -0.39 is 10.1 Å². The summed E-state index contributed by atoms with van der Waals surface area (Å²) in [6.07, 6.45) is 0.194. The lowest BCUT2D eigenvalue weighted by Gasteiger charge is -2.01. The van der Waals surface area contributed by atoms with Crippen LogP contribution in [0.3, 0.4) is 0 Å². The Bertz CT molecular complexity index is 408. The first-order valence-electron chi connectivity index (χ1n) is 3.77. The molecule has 6 heteroatoms. The van der Waals surface area contributed by atoms with Crippen molar-refractivity contribution in [3.63, 3.8) is 0 Å². The van der Waals surface area contributed by atoms with Gasteiger partial charge in [-0.1, -0.05) is 23.2 Å². The van der Waals surface area contributed by atoms with Crippen molar-refractivity contribution in [1.29, 1.82) is 0 Å². The van der Waals surface area contributed by atoms with Gasteiger partial charge in [-0.25, -0.2) is 0 Å². The predicted molar refractivity (Wildman–Crippen MR) is 56.6 cm³/mol. The molecule has 1 rings (SSSR count). The Labute approximate surface area is 92.4 Å². The molecule has 0 heterocycles. The topological polar surface area (TPSA) is 54.4 Å². The standard InChI is InChI=1S/C8H8Cl2O3S/c9-7-3-6(4-8(10)5-7)1-2-14(11,12)13/h3-5H,1-2H2,(H,11,12,13). The Kier molecular flexibility index (Phi) is 3.78. The molecule has 0 amide bonds. The van der Waals surface area contributed by atoms with Crippen LogP contribution < -0.4 is 0 Å². The smallest absolute Gasteiger partial charge is 0.265 e. The van der Waals surface area contributed by atoms with Gasteiger partial charge in [-0.3, -0.25) is 4.55 Å². The zero-order valence-corrected chi connectivity index (χ0v) is 9.40. The van der Waals surface area contributed by atoms with Gasteiger partial charge in [0.25, 0.3) is 10.1 Å². The van der Waals surface area contributed by atoms with Crippen LogP contribution in [0, 0.1) is 0 Å². The van der Waals surface area contributed by atoms with E-state index in [1.807, 2.05) is 0 Å². The number of rotatable bonds is 3. The van der Waals surface area contributed by atoms with Gasteiger partial charge in [0.05, 0.1) is 5.75 Å². The van der Waals surface area contributed by atoms with Gasteiger partial charge < -0.3 is 0 Å².